The first-order valence-electron chi connectivity index (χ1n) is 5.93. The van der Waals surface area contributed by atoms with E-state index in [2.05, 4.69) is 0 Å². The van der Waals surface area contributed by atoms with Gasteiger partial charge in [0.05, 0.1) is 12.2 Å². The number of carboxylic acids is 1. The van der Waals surface area contributed by atoms with Crippen LogP contribution < -0.4 is 4.74 Å². The van der Waals surface area contributed by atoms with E-state index in [0.717, 1.165) is 28.9 Å². The SMILES string of the molecule is O=C(O)c1cc(Cl)cc(-c2ccc3c(c2)CCO3)c1. The van der Waals surface area contributed by atoms with Crippen molar-refractivity contribution in [3.63, 3.8) is 0 Å². The summed E-state index contributed by atoms with van der Waals surface area (Å²) in [5.74, 6) is -0.0718. The van der Waals surface area contributed by atoms with Gasteiger partial charge in [0, 0.05) is 11.4 Å². The molecule has 19 heavy (non-hydrogen) atoms. The molecule has 0 aliphatic carbocycles. The van der Waals surface area contributed by atoms with Crippen molar-refractivity contribution in [2.75, 3.05) is 6.61 Å². The Hall–Kier alpha value is -2.00. The highest BCUT2D eigenvalue weighted by molar-refractivity contribution is 6.31. The van der Waals surface area contributed by atoms with Crippen LogP contribution in [0.2, 0.25) is 5.02 Å². The summed E-state index contributed by atoms with van der Waals surface area (Å²) in [7, 11) is 0. The average molecular weight is 275 g/mol. The third kappa shape index (κ3) is 2.29. The van der Waals surface area contributed by atoms with E-state index in [9.17, 15) is 4.79 Å². The Kier molecular flexibility index (Phi) is 2.91. The van der Waals surface area contributed by atoms with E-state index >= 15 is 0 Å². The third-order valence-electron chi connectivity index (χ3n) is 3.17. The van der Waals surface area contributed by atoms with Gasteiger partial charge in [-0.3, -0.25) is 0 Å². The maximum Gasteiger partial charge on any atom is 0.335 e. The number of hydrogen-bond donors (Lipinski definition) is 1. The molecule has 0 atom stereocenters. The van der Waals surface area contributed by atoms with E-state index in [0.29, 0.717) is 11.6 Å². The lowest BCUT2D eigenvalue weighted by molar-refractivity contribution is 0.0697. The van der Waals surface area contributed by atoms with Gasteiger partial charge in [0.25, 0.3) is 0 Å². The number of rotatable bonds is 2. The van der Waals surface area contributed by atoms with Gasteiger partial charge < -0.3 is 9.84 Å². The van der Waals surface area contributed by atoms with E-state index in [1.807, 2.05) is 18.2 Å². The Labute approximate surface area is 115 Å². The van der Waals surface area contributed by atoms with Gasteiger partial charge in [-0.1, -0.05) is 17.7 Å². The summed E-state index contributed by atoms with van der Waals surface area (Å²) in [6.45, 7) is 0.703. The van der Waals surface area contributed by atoms with Gasteiger partial charge in [-0.15, -0.1) is 0 Å². The molecular formula is C15H11ClO3. The lowest BCUT2D eigenvalue weighted by Crippen LogP contribution is -1.96. The van der Waals surface area contributed by atoms with Gasteiger partial charge in [-0.25, -0.2) is 4.79 Å². The van der Waals surface area contributed by atoms with Gasteiger partial charge in [-0.05, 0) is 47.0 Å². The molecule has 0 unspecified atom stereocenters. The summed E-state index contributed by atoms with van der Waals surface area (Å²) in [5, 5.41) is 9.48. The summed E-state index contributed by atoms with van der Waals surface area (Å²) in [4.78, 5) is 11.0. The van der Waals surface area contributed by atoms with Crippen LogP contribution in [-0.4, -0.2) is 17.7 Å². The third-order valence-corrected chi connectivity index (χ3v) is 3.39. The van der Waals surface area contributed by atoms with Crippen LogP contribution in [0.5, 0.6) is 5.75 Å². The van der Waals surface area contributed by atoms with Gasteiger partial charge in [-0.2, -0.15) is 0 Å². The Morgan fingerprint density at radius 1 is 1.16 bits per heavy atom. The molecule has 3 rings (SSSR count). The van der Waals surface area contributed by atoms with Crippen LogP contribution in [0.25, 0.3) is 11.1 Å². The van der Waals surface area contributed by atoms with E-state index in [4.69, 9.17) is 21.4 Å². The van der Waals surface area contributed by atoms with E-state index in [-0.39, 0.29) is 5.56 Å². The number of ether oxygens (including phenoxy) is 1. The quantitative estimate of drug-likeness (QED) is 0.909. The van der Waals surface area contributed by atoms with E-state index in [1.165, 1.54) is 6.07 Å². The summed E-state index contributed by atoms with van der Waals surface area (Å²) < 4.78 is 5.45. The van der Waals surface area contributed by atoms with Crippen LogP contribution in [-0.2, 0) is 6.42 Å². The molecule has 1 aliphatic rings. The van der Waals surface area contributed by atoms with Crippen molar-refractivity contribution in [1.29, 1.82) is 0 Å². The van der Waals surface area contributed by atoms with Crippen molar-refractivity contribution < 1.29 is 14.6 Å². The normalized spacial score (nSPS) is 12.9. The predicted molar refractivity (Wildman–Crippen MR) is 73.0 cm³/mol. The van der Waals surface area contributed by atoms with Crippen molar-refractivity contribution in [2.45, 2.75) is 6.42 Å². The molecule has 2 aromatic carbocycles. The standard InChI is InChI=1S/C15H11ClO3/c16-13-7-11(6-12(8-13)15(17)18)9-1-2-14-10(5-9)3-4-19-14/h1-2,5-8H,3-4H2,(H,17,18). The van der Waals surface area contributed by atoms with E-state index in [1.54, 1.807) is 12.1 Å². The molecule has 0 aromatic heterocycles. The minimum atomic E-state index is -0.978. The highest BCUT2D eigenvalue weighted by Gasteiger charge is 2.14. The number of halogens is 1. The smallest absolute Gasteiger partial charge is 0.335 e. The summed E-state index contributed by atoms with van der Waals surface area (Å²) in [6.07, 6.45) is 0.884. The first kappa shape index (κ1) is 12.1. The fourth-order valence-electron chi connectivity index (χ4n) is 2.25. The Morgan fingerprint density at radius 2 is 2.00 bits per heavy atom. The molecular weight excluding hydrogens is 264 g/mol. The van der Waals surface area contributed by atoms with Crippen molar-refractivity contribution in [3.05, 3.63) is 52.5 Å². The Balaban J connectivity index is 2.09. The molecule has 0 bridgehead atoms. The molecule has 0 spiro atoms. The van der Waals surface area contributed by atoms with Crippen LogP contribution in [0.4, 0.5) is 0 Å². The molecule has 1 heterocycles. The minimum absolute atomic E-state index is 0.194. The largest absolute Gasteiger partial charge is 0.493 e. The predicted octanol–water partition coefficient (Wildman–Crippen LogP) is 3.64. The molecule has 0 saturated heterocycles. The molecule has 0 saturated carbocycles. The Bertz CT molecular complexity index is 664. The lowest BCUT2D eigenvalue weighted by atomic mass is 10.00. The monoisotopic (exact) mass is 274 g/mol. The maximum absolute atomic E-state index is 11.0. The number of fused-ring (bicyclic) bond motifs is 1. The van der Waals surface area contributed by atoms with Gasteiger partial charge >= 0.3 is 5.97 Å². The highest BCUT2D eigenvalue weighted by atomic mass is 35.5. The minimum Gasteiger partial charge on any atom is -0.493 e. The van der Waals surface area contributed by atoms with E-state index < -0.39 is 5.97 Å². The number of carbonyl (C=O) groups is 1. The van der Waals surface area contributed by atoms with Crippen LogP contribution in [0, 0.1) is 0 Å². The maximum atomic E-state index is 11.0. The molecule has 2 aromatic rings. The second kappa shape index (κ2) is 4.59. The van der Waals surface area contributed by atoms with Gasteiger partial charge in [0.15, 0.2) is 0 Å². The molecule has 0 amide bonds. The average Bonchev–Trinajstić information content (AvgIpc) is 2.85. The molecule has 0 radical (unpaired) electrons. The van der Waals surface area contributed by atoms with Crippen LogP contribution in [0.1, 0.15) is 15.9 Å². The van der Waals surface area contributed by atoms with Crippen LogP contribution >= 0.6 is 11.6 Å². The number of hydrogen-bond acceptors (Lipinski definition) is 2. The van der Waals surface area contributed by atoms with Crippen LogP contribution in [0.15, 0.2) is 36.4 Å². The lowest BCUT2D eigenvalue weighted by Gasteiger charge is -2.06. The van der Waals surface area contributed by atoms with Crippen molar-refractivity contribution in [3.8, 4) is 16.9 Å². The van der Waals surface area contributed by atoms with Gasteiger partial charge in [0.2, 0.25) is 0 Å². The first-order valence-corrected chi connectivity index (χ1v) is 6.31. The Morgan fingerprint density at radius 3 is 2.79 bits per heavy atom. The zero-order chi connectivity index (χ0) is 13.4. The zero-order valence-electron chi connectivity index (χ0n) is 10.0. The summed E-state index contributed by atoms with van der Waals surface area (Å²) >= 11 is 5.97. The zero-order valence-corrected chi connectivity index (χ0v) is 10.8. The number of benzene rings is 2. The molecule has 0 fully saturated rings. The van der Waals surface area contributed by atoms with Crippen LogP contribution in [0.3, 0.4) is 0 Å². The number of carboxylic acid groups (broad SMARTS) is 1. The van der Waals surface area contributed by atoms with Crippen molar-refractivity contribution in [2.24, 2.45) is 0 Å². The molecule has 1 N–H and O–H groups in total. The first-order chi connectivity index (χ1) is 9.13. The fourth-order valence-corrected chi connectivity index (χ4v) is 2.48. The summed E-state index contributed by atoms with van der Waals surface area (Å²) in [5.41, 5.74) is 3.10. The fraction of sp³-hybridized carbons (Fsp3) is 0.133. The topological polar surface area (TPSA) is 46.5 Å². The molecule has 4 heteroatoms. The molecule has 96 valence electrons. The van der Waals surface area contributed by atoms with Crippen molar-refractivity contribution in [1.82, 2.24) is 0 Å². The van der Waals surface area contributed by atoms with Gasteiger partial charge in [0.1, 0.15) is 5.75 Å². The van der Waals surface area contributed by atoms with Crippen molar-refractivity contribution >= 4 is 17.6 Å². The second-order valence-corrected chi connectivity index (χ2v) is 4.89. The summed E-state index contributed by atoms with van der Waals surface area (Å²) in [6, 6.07) is 10.7. The number of aromatic carboxylic acids is 1. The second-order valence-electron chi connectivity index (χ2n) is 4.45. The highest BCUT2D eigenvalue weighted by Crippen LogP contribution is 2.32. The molecule has 1 aliphatic heterocycles. The molecule has 3 nitrogen and oxygen atoms in total.